The predicted molar refractivity (Wildman–Crippen MR) is 96.1 cm³/mol. The van der Waals surface area contributed by atoms with Gasteiger partial charge >= 0.3 is 0 Å². The van der Waals surface area contributed by atoms with Gasteiger partial charge < -0.3 is 5.11 Å². The fraction of sp³-hybridized carbons (Fsp3) is 1.00. The Bertz CT molecular complexity index is 220. The third-order valence-corrected chi connectivity index (χ3v) is 4.86. The third-order valence-electron chi connectivity index (χ3n) is 4.86. The number of hydrogen-bond donors (Lipinski definition) is 1. The molecule has 0 radical (unpaired) electrons. The molecule has 0 aromatic rings. The molecule has 0 saturated heterocycles. The van der Waals surface area contributed by atoms with Gasteiger partial charge in [0.25, 0.3) is 0 Å². The predicted octanol–water partition coefficient (Wildman–Crippen LogP) is 6.82. The molecule has 0 spiro atoms. The zero-order valence-corrected chi connectivity index (χ0v) is 15.5. The maximum absolute atomic E-state index is 14.0. The summed E-state index contributed by atoms with van der Waals surface area (Å²) in [6.07, 6.45) is 14.9. The summed E-state index contributed by atoms with van der Waals surface area (Å²) in [5.41, 5.74) is 0. The standard InChI is InChI=1S/C20H41FO/c1-4-6-8-9-10-11-12-13-15-17-20(22)18(3)19(21)16-14-7-5-2/h18-20,22H,4-17H2,1-3H3. The first-order chi connectivity index (χ1) is 10.6. The molecule has 1 N–H and O–H groups in total. The molecule has 3 atom stereocenters. The van der Waals surface area contributed by atoms with Crippen LogP contribution in [0.5, 0.6) is 0 Å². The highest BCUT2D eigenvalue weighted by Gasteiger charge is 2.23. The van der Waals surface area contributed by atoms with Gasteiger partial charge in [-0.05, 0) is 12.8 Å². The van der Waals surface area contributed by atoms with E-state index in [1.807, 2.05) is 6.92 Å². The lowest BCUT2D eigenvalue weighted by Gasteiger charge is -2.22. The number of halogens is 1. The summed E-state index contributed by atoms with van der Waals surface area (Å²) in [6, 6.07) is 0. The molecule has 0 aromatic carbocycles. The van der Waals surface area contributed by atoms with Crippen LogP contribution in [0.3, 0.4) is 0 Å². The van der Waals surface area contributed by atoms with Gasteiger partial charge in [0.1, 0.15) is 6.17 Å². The van der Waals surface area contributed by atoms with Crippen LogP contribution in [0.2, 0.25) is 0 Å². The molecule has 0 saturated carbocycles. The molecule has 0 aliphatic heterocycles. The maximum Gasteiger partial charge on any atom is 0.105 e. The van der Waals surface area contributed by atoms with E-state index in [9.17, 15) is 9.50 Å². The van der Waals surface area contributed by atoms with E-state index in [1.54, 1.807) is 0 Å². The van der Waals surface area contributed by atoms with Gasteiger partial charge in [-0.1, -0.05) is 97.8 Å². The van der Waals surface area contributed by atoms with Crippen LogP contribution >= 0.6 is 0 Å². The molecule has 1 nitrogen and oxygen atoms in total. The Balaban J connectivity index is 3.48. The van der Waals surface area contributed by atoms with Gasteiger partial charge in [-0.3, -0.25) is 0 Å². The van der Waals surface area contributed by atoms with E-state index in [0.717, 1.165) is 32.1 Å². The van der Waals surface area contributed by atoms with Crippen LogP contribution in [0.15, 0.2) is 0 Å². The van der Waals surface area contributed by atoms with E-state index in [-0.39, 0.29) is 5.92 Å². The molecule has 0 aliphatic carbocycles. The molecule has 0 amide bonds. The highest BCUT2D eigenvalue weighted by atomic mass is 19.1. The van der Waals surface area contributed by atoms with Crippen LogP contribution < -0.4 is 0 Å². The minimum atomic E-state index is -0.833. The lowest BCUT2D eigenvalue weighted by Crippen LogP contribution is -2.26. The van der Waals surface area contributed by atoms with Crippen LogP contribution in [0.4, 0.5) is 4.39 Å². The van der Waals surface area contributed by atoms with Gasteiger partial charge in [0.2, 0.25) is 0 Å². The van der Waals surface area contributed by atoms with Crippen LogP contribution in [-0.2, 0) is 0 Å². The van der Waals surface area contributed by atoms with Crippen molar-refractivity contribution in [2.75, 3.05) is 0 Å². The molecular formula is C20H41FO. The quantitative estimate of drug-likeness (QED) is 0.310. The molecule has 0 fully saturated rings. The Morgan fingerprint density at radius 2 is 1.09 bits per heavy atom. The van der Waals surface area contributed by atoms with E-state index < -0.39 is 12.3 Å². The van der Waals surface area contributed by atoms with Crippen molar-refractivity contribution in [3.8, 4) is 0 Å². The summed E-state index contributed by atoms with van der Waals surface area (Å²) in [7, 11) is 0. The van der Waals surface area contributed by atoms with Crippen molar-refractivity contribution in [3.05, 3.63) is 0 Å². The zero-order chi connectivity index (χ0) is 16.6. The van der Waals surface area contributed by atoms with Crippen molar-refractivity contribution in [3.63, 3.8) is 0 Å². The highest BCUT2D eigenvalue weighted by Crippen LogP contribution is 2.22. The van der Waals surface area contributed by atoms with E-state index in [1.165, 1.54) is 51.4 Å². The lowest BCUT2D eigenvalue weighted by atomic mass is 9.91. The molecule has 0 aromatic heterocycles. The summed E-state index contributed by atoms with van der Waals surface area (Å²) in [4.78, 5) is 0. The van der Waals surface area contributed by atoms with Crippen molar-refractivity contribution in [1.29, 1.82) is 0 Å². The SMILES string of the molecule is CCCCCCCCCCCC(O)C(C)C(F)CCCCC. The maximum atomic E-state index is 14.0. The number of alkyl halides is 1. The number of aliphatic hydroxyl groups excluding tert-OH is 1. The second-order valence-electron chi connectivity index (χ2n) is 7.06. The van der Waals surface area contributed by atoms with Gasteiger partial charge in [-0.25, -0.2) is 4.39 Å². The summed E-state index contributed by atoms with van der Waals surface area (Å²) in [5.74, 6) is -0.203. The zero-order valence-electron chi connectivity index (χ0n) is 15.5. The summed E-state index contributed by atoms with van der Waals surface area (Å²) in [6.45, 7) is 6.25. The summed E-state index contributed by atoms with van der Waals surface area (Å²) in [5, 5.41) is 10.1. The normalized spacial score (nSPS) is 15.7. The fourth-order valence-corrected chi connectivity index (χ4v) is 3.02. The fourth-order valence-electron chi connectivity index (χ4n) is 3.02. The van der Waals surface area contributed by atoms with Gasteiger partial charge in [-0.15, -0.1) is 0 Å². The molecule has 3 unspecified atom stereocenters. The van der Waals surface area contributed by atoms with Crippen LogP contribution in [-0.4, -0.2) is 17.4 Å². The number of aliphatic hydroxyl groups is 1. The van der Waals surface area contributed by atoms with E-state index in [2.05, 4.69) is 13.8 Å². The Kier molecular flexibility index (Phi) is 15.7. The first-order valence-electron chi connectivity index (χ1n) is 9.95. The Morgan fingerprint density at radius 1 is 0.682 bits per heavy atom. The van der Waals surface area contributed by atoms with Crippen molar-refractivity contribution in [2.45, 2.75) is 123 Å². The molecule has 22 heavy (non-hydrogen) atoms. The number of unbranched alkanes of at least 4 members (excludes halogenated alkanes) is 10. The van der Waals surface area contributed by atoms with E-state index >= 15 is 0 Å². The van der Waals surface area contributed by atoms with Gasteiger partial charge in [0.15, 0.2) is 0 Å². The average molecular weight is 317 g/mol. The third kappa shape index (κ3) is 12.4. The van der Waals surface area contributed by atoms with Crippen LogP contribution in [0.25, 0.3) is 0 Å². The largest absolute Gasteiger partial charge is 0.393 e. The average Bonchev–Trinajstić information content (AvgIpc) is 2.52. The Hall–Kier alpha value is -0.110. The number of hydrogen-bond acceptors (Lipinski definition) is 1. The van der Waals surface area contributed by atoms with Gasteiger partial charge in [-0.2, -0.15) is 0 Å². The second-order valence-corrected chi connectivity index (χ2v) is 7.06. The van der Waals surface area contributed by atoms with Crippen molar-refractivity contribution in [2.24, 2.45) is 5.92 Å². The molecular weight excluding hydrogens is 275 g/mol. The minimum absolute atomic E-state index is 0.203. The smallest absolute Gasteiger partial charge is 0.105 e. The first kappa shape index (κ1) is 21.9. The molecule has 0 heterocycles. The Morgan fingerprint density at radius 3 is 1.64 bits per heavy atom. The van der Waals surface area contributed by atoms with Crippen LogP contribution in [0.1, 0.15) is 111 Å². The van der Waals surface area contributed by atoms with Crippen LogP contribution in [0, 0.1) is 5.92 Å². The second kappa shape index (κ2) is 15.8. The van der Waals surface area contributed by atoms with Crippen molar-refractivity contribution < 1.29 is 9.50 Å². The lowest BCUT2D eigenvalue weighted by molar-refractivity contribution is 0.0526. The number of rotatable bonds is 16. The monoisotopic (exact) mass is 316 g/mol. The summed E-state index contributed by atoms with van der Waals surface area (Å²) >= 11 is 0. The highest BCUT2D eigenvalue weighted by molar-refractivity contribution is 4.73. The van der Waals surface area contributed by atoms with Crippen molar-refractivity contribution >= 4 is 0 Å². The molecule has 0 bridgehead atoms. The molecule has 0 aliphatic rings. The van der Waals surface area contributed by atoms with E-state index in [0.29, 0.717) is 6.42 Å². The van der Waals surface area contributed by atoms with E-state index in [4.69, 9.17) is 0 Å². The summed E-state index contributed by atoms with van der Waals surface area (Å²) < 4.78 is 14.0. The first-order valence-corrected chi connectivity index (χ1v) is 9.95. The topological polar surface area (TPSA) is 20.2 Å². The van der Waals surface area contributed by atoms with Gasteiger partial charge in [0.05, 0.1) is 6.10 Å². The van der Waals surface area contributed by atoms with Gasteiger partial charge in [0, 0.05) is 5.92 Å². The molecule has 134 valence electrons. The van der Waals surface area contributed by atoms with Crippen molar-refractivity contribution in [1.82, 2.24) is 0 Å². The molecule has 2 heteroatoms. The Labute approximate surface area is 139 Å². The minimum Gasteiger partial charge on any atom is -0.393 e. The molecule has 0 rings (SSSR count).